The van der Waals surface area contributed by atoms with Crippen LogP contribution in [0.4, 0.5) is 26.0 Å². The van der Waals surface area contributed by atoms with Crippen LogP contribution in [0.25, 0.3) is 0 Å². The van der Waals surface area contributed by atoms with Gasteiger partial charge in [-0.25, -0.2) is 4.79 Å². The Hall–Kier alpha value is -3.61. The average molecular weight is 469 g/mol. The molecular formula is C20H25F2N5O6. The molecule has 0 saturated heterocycles. The summed E-state index contributed by atoms with van der Waals surface area (Å²) in [7, 11) is 1.43. The Balaban J connectivity index is 1.85. The van der Waals surface area contributed by atoms with E-state index in [-0.39, 0.29) is 55.2 Å². The highest BCUT2D eigenvalue weighted by Gasteiger charge is 2.43. The first kappa shape index (κ1) is 24.0. The molecule has 0 spiro atoms. The van der Waals surface area contributed by atoms with Crippen molar-refractivity contribution in [3.63, 3.8) is 0 Å². The van der Waals surface area contributed by atoms with Gasteiger partial charge >= 0.3 is 12.0 Å². The molecule has 33 heavy (non-hydrogen) atoms. The number of hydrogen-bond donors (Lipinski definition) is 3. The van der Waals surface area contributed by atoms with Crippen LogP contribution in [-0.4, -0.2) is 48.6 Å². The van der Waals surface area contributed by atoms with Gasteiger partial charge in [-0.3, -0.25) is 19.1 Å². The number of methoxy groups -OCH3 is 1. The Morgan fingerprint density at radius 1 is 1.30 bits per heavy atom. The lowest BCUT2D eigenvalue weighted by molar-refractivity contribution is -0.286. The Bertz CT molecular complexity index is 1150. The van der Waals surface area contributed by atoms with Crippen molar-refractivity contribution in [3.05, 3.63) is 39.0 Å². The molecule has 1 aliphatic rings. The number of aromatic nitrogens is 2. The first-order valence-electron chi connectivity index (χ1n) is 10.1. The van der Waals surface area contributed by atoms with Gasteiger partial charge in [-0.15, -0.1) is 8.78 Å². The van der Waals surface area contributed by atoms with E-state index in [0.717, 1.165) is 4.90 Å². The van der Waals surface area contributed by atoms with Crippen LogP contribution in [-0.2, 0) is 16.1 Å². The first-order valence-corrected chi connectivity index (χ1v) is 10.1. The number of hydrogen-bond acceptors (Lipinski definition) is 8. The molecule has 4 N–H and O–H groups in total. The summed E-state index contributed by atoms with van der Waals surface area (Å²) in [5.74, 6) is -0.985. The number of nitrogen functional groups attached to an aromatic ring is 1. The van der Waals surface area contributed by atoms with E-state index in [0.29, 0.717) is 5.69 Å². The van der Waals surface area contributed by atoms with Gasteiger partial charge in [0.25, 0.3) is 5.56 Å². The smallest absolute Gasteiger partial charge is 0.395 e. The number of aromatic amines is 1. The molecule has 0 unspecified atom stereocenters. The van der Waals surface area contributed by atoms with Crippen LogP contribution < -0.4 is 36.7 Å². The minimum absolute atomic E-state index is 0.0163. The van der Waals surface area contributed by atoms with Crippen LogP contribution >= 0.6 is 0 Å². The number of nitrogens with two attached hydrogens (primary N) is 1. The summed E-state index contributed by atoms with van der Waals surface area (Å²) in [5.41, 5.74) is 4.77. The zero-order valence-corrected chi connectivity index (χ0v) is 18.3. The summed E-state index contributed by atoms with van der Waals surface area (Å²) in [6.07, 6.45) is -3.76. The maximum Gasteiger partial charge on any atom is 0.586 e. The van der Waals surface area contributed by atoms with E-state index in [9.17, 15) is 23.2 Å². The zero-order valence-electron chi connectivity index (χ0n) is 18.3. The Labute approximate surface area is 187 Å². The molecule has 1 aromatic heterocycles. The minimum Gasteiger partial charge on any atom is -0.395 e. The van der Waals surface area contributed by atoms with Crippen LogP contribution in [0.2, 0.25) is 0 Å². The van der Waals surface area contributed by atoms with Gasteiger partial charge < -0.3 is 30.2 Å². The normalized spacial score (nSPS) is 13.9. The minimum atomic E-state index is -3.76. The molecule has 0 aliphatic carbocycles. The predicted molar refractivity (Wildman–Crippen MR) is 116 cm³/mol. The van der Waals surface area contributed by atoms with E-state index in [1.165, 1.54) is 29.9 Å². The Kier molecular flexibility index (Phi) is 6.91. The van der Waals surface area contributed by atoms with E-state index in [2.05, 4.69) is 19.8 Å². The second-order valence-electron chi connectivity index (χ2n) is 7.72. The van der Waals surface area contributed by atoms with Crippen LogP contribution in [0, 0.1) is 5.92 Å². The molecule has 2 aromatic rings. The van der Waals surface area contributed by atoms with Gasteiger partial charge in [-0.2, -0.15) is 0 Å². The summed E-state index contributed by atoms with van der Waals surface area (Å²) >= 11 is 0. The lowest BCUT2D eigenvalue weighted by Crippen LogP contribution is -2.44. The monoisotopic (exact) mass is 469 g/mol. The largest absolute Gasteiger partial charge is 0.586 e. The maximum absolute atomic E-state index is 13.2. The molecule has 2 heterocycles. The van der Waals surface area contributed by atoms with Crippen molar-refractivity contribution in [1.82, 2.24) is 9.55 Å². The van der Waals surface area contributed by atoms with Crippen LogP contribution in [0.15, 0.2) is 27.8 Å². The molecule has 3 rings (SSSR count). The first-order chi connectivity index (χ1) is 15.5. The topological polar surface area (TPSA) is 141 Å². The summed E-state index contributed by atoms with van der Waals surface area (Å²) < 4.78 is 41.4. The van der Waals surface area contributed by atoms with Gasteiger partial charge in [0.1, 0.15) is 5.82 Å². The number of nitrogens with one attached hydrogen (secondary N) is 2. The number of carbonyl (C=O) groups excluding carboxylic acids is 1. The van der Waals surface area contributed by atoms with Gasteiger partial charge in [0.15, 0.2) is 17.2 Å². The number of benzene rings is 1. The fraction of sp³-hybridized carbons (Fsp3) is 0.450. The second kappa shape index (κ2) is 9.48. The number of halogens is 2. The summed E-state index contributed by atoms with van der Waals surface area (Å²) in [6, 6.07) is 3.96. The quantitative estimate of drug-likeness (QED) is 0.497. The molecule has 180 valence electrons. The van der Waals surface area contributed by atoms with Crippen molar-refractivity contribution in [2.24, 2.45) is 5.92 Å². The maximum atomic E-state index is 13.2. The van der Waals surface area contributed by atoms with Crippen LogP contribution in [0.5, 0.6) is 11.5 Å². The highest BCUT2D eigenvalue weighted by atomic mass is 19.3. The number of anilines is 3. The average Bonchev–Trinajstić information content (AvgIpc) is 3.04. The number of fused-ring (bicyclic) bond motifs is 1. The van der Waals surface area contributed by atoms with Crippen molar-refractivity contribution in [1.29, 1.82) is 0 Å². The molecule has 11 nitrogen and oxygen atoms in total. The molecule has 0 atom stereocenters. The third-order valence-electron chi connectivity index (χ3n) is 4.70. The van der Waals surface area contributed by atoms with E-state index in [1.807, 2.05) is 13.8 Å². The molecule has 0 fully saturated rings. The standard InChI is InChI=1S/C20H25F2N5O6/c1-11(2)10-27-17(23)16(18(29)25-19(27)30)26(6-7-31-3)15(28)9-24-12-4-5-13-14(8-12)33-20(21,22)32-13/h4-5,8,11,24H,6-7,9-10,23H2,1-3H3,(H,25,29,30). The van der Waals surface area contributed by atoms with Crippen molar-refractivity contribution in [3.8, 4) is 11.5 Å². The van der Waals surface area contributed by atoms with E-state index in [1.54, 1.807) is 0 Å². The molecule has 1 aliphatic heterocycles. The fourth-order valence-corrected chi connectivity index (χ4v) is 3.26. The number of rotatable bonds is 9. The van der Waals surface area contributed by atoms with Crippen molar-refractivity contribution in [2.45, 2.75) is 26.7 Å². The zero-order chi connectivity index (χ0) is 24.3. The number of alkyl halides is 2. The number of ether oxygens (including phenoxy) is 3. The van der Waals surface area contributed by atoms with Crippen molar-refractivity contribution >= 4 is 23.1 Å². The van der Waals surface area contributed by atoms with Crippen LogP contribution in [0.1, 0.15) is 13.8 Å². The summed E-state index contributed by atoms with van der Waals surface area (Å²) in [5, 5.41) is 2.79. The molecule has 1 aromatic carbocycles. The van der Waals surface area contributed by atoms with Gasteiger partial charge in [-0.05, 0) is 18.1 Å². The van der Waals surface area contributed by atoms with Crippen molar-refractivity contribution in [2.75, 3.05) is 42.8 Å². The molecule has 1 amide bonds. The van der Waals surface area contributed by atoms with Crippen molar-refractivity contribution < 1.29 is 27.8 Å². The third kappa shape index (κ3) is 5.42. The molecular weight excluding hydrogens is 444 g/mol. The number of H-pyrrole nitrogens is 1. The van der Waals surface area contributed by atoms with E-state index < -0.39 is 23.5 Å². The number of carbonyl (C=O) groups is 1. The fourth-order valence-electron chi connectivity index (χ4n) is 3.26. The summed E-state index contributed by atoms with van der Waals surface area (Å²) in [6.45, 7) is 3.73. The van der Waals surface area contributed by atoms with Gasteiger partial charge in [0.2, 0.25) is 5.91 Å². The highest BCUT2D eigenvalue weighted by molar-refractivity contribution is 5.98. The molecule has 0 bridgehead atoms. The SMILES string of the molecule is COCCN(C(=O)CNc1ccc2c(c1)OC(F)(F)O2)c1c(N)n(CC(C)C)c(=O)[nH]c1=O. The number of amides is 1. The van der Waals surface area contributed by atoms with E-state index in [4.69, 9.17) is 10.5 Å². The van der Waals surface area contributed by atoms with Gasteiger partial charge in [0, 0.05) is 32.0 Å². The second-order valence-corrected chi connectivity index (χ2v) is 7.72. The molecule has 13 heteroatoms. The predicted octanol–water partition coefficient (Wildman–Crippen LogP) is 1.19. The third-order valence-corrected chi connectivity index (χ3v) is 4.70. The highest BCUT2D eigenvalue weighted by Crippen LogP contribution is 2.42. The molecule has 0 saturated carbocycles. The van der Waals surface area contributed by atoms with Gasteiger partial charge in [0.05, 0.1) is 13.2 Å². The lowest BCUT2D eigenvalue weighted by atomic mass is 10.2. The van der Waals surface area contributed by atoms with Crippen LogP contribution in [0.3, 0.4) is 0 Å². The van der Waals surface area contributed by atoms with Gasteiger partial charge in [-0.1, -0.05) is 13.8 Å². The Morgan fingerprint density at radius 2 is 2.00 bits per heavy atom. The Morgan fingerprint density at radius 3 is 2.67 bits per heavy atom. The molecule has 0 radical (unpaired) electrons. The summed E-state index contributed by atoms with van der Waals surface area (Å²) in [4.78, 5) is 41.1. The number of nitrogens with zero attached hydrogens (tertiary/aromatic N) is 2. The van der Waals surface area contributed by atoms with E-state index >= 15 is 0 Å². The lowest BCUT2D eigenvalue weighted by Gasteiger charge is -2.25.